The quantitative estimate of drug-likeness (QED) is 0.471. The molecule has 0 aromatic carbocycles. The summed E-state index contributed by atoms with van der Waals surface area (Å²) in [5.41, 5.74) is 0. The van der Waals surface area contributed by atoms with Crippen molar-refractivity contribution in [3.05, 3.63) is 0 Å². The number of thioether (sulfide) groups is 1. The van der Waals surface area contributed by atoms with Crippen LogP contribution >= 0.6 is 11.8 Å². The molecule has 1 aliphatic heterocycles. The van der Waals surface area contributed by atoms with Gasteiger partial charge in [-0.15, -0.1) is 0 Å². The van der Waals surface area contributed by atoms with Crippen LogP contribution in [0.4, 0.5) is 0 Å². The molecule has 1 N–H and O–H groups in total. The summed E-state index contributed by atoms with van der Waals surface area (Å²) in [4.78, 5) is 10.8. The van der Waals surface area contributed by atoms with Gasteiger partial charge in [-0.2, -0.15) is 20.2 Å². The molecule has 64 valence electrons. The lowest BCUT2D eigenvalue weighted by atomic mass is 10.3. The summed E-state index contributed by atoms with van der Waals surface area (Å²) in [6.07, 6.45) is 1.71. The van der Waals surface area contributed by atoms with Crippen LogP contribution in [-0.2, 0) is 15.1 Å². The molecule has 5 nitrogen and oxygen atoms in total. The highest BCUT2D eigenvalue weighted by Gasteiger charge is 2.42. The first-order valence-electron chi connectivity index (χ1n) is 2.78. The van der Waals surface area contributed by atoms with Gasteiger partial charge in [0.1, 0.15) is 5.25 Å². The highest BCUT2D eigenvalue weighted by molar-refractivity contribution is 8.00. The third-order valence-electron chi connectivity index (χ3n) is 1.42. The Kier molecular flexibility index (Phi) is 2.13. The lowest BCUT2D eigenvalue weighted by Crippen LogP contribution is -2.56. The number of β-lactam (4-membered cyclic amide) rings is 1. The van der Waals surface area contributed by atoms with E-state index in [0.717, 1.165) is 0 Å². The lowest BCUT2D eigenvalue weighted by Gasteiger charge is -2.33. The zero-order valence-corrected chi connectivity index (χ0v) is 7.35. The molecule has 1 amide bonds. The second-order valence-corrected chi connectivity index (χ2v) is 4.45. The molecule has 0 aromatic rings. The summed E-state index contributed by atoms with van der Waals surface area (Å²) in [5, 5.41) is -0.308. The molecule has 7 heteroatoms. The van der Waals surface area contributed by atoms with Crippen molar-refractivity contribution < 1.29 is 17.8 Å². The van der Waals surface area contributed by atoms with Gasteiger partial charge >= 0.3 is 10.3 Å². The van der Waals surface area contributed by atoms with Gasteiger partial charge in [0, 0.05) is 0 Å². The first kappa shape index (κ1) is 8.82. The van der Waals surface area contributed by atoms with Crippen LogP contribution < -0.4 is 0 Å². The molecule has 0 aliphatic carbocycles. The van der Waals surface area contributed by atoms with Crippen LogP contribution in [0.15, 0.2) is 0 Å². The standard InChI is InChI=1S/C4H7NO4S2/c1-10-3-2-5(4(3)6)11(7,8)9/h3H,2H2,1H3,(H,7,8,9). The van der Waals surface area contributed by atoms with Crippen molar-refractivity contribution in [3.63, 3.8) is 0 Å². The van der Waals surface area contributed by atoms with E-state index in [2.05, 4.69) is 0 Å². The van der Waals surface area contributed by atoms with E-state index in [0.29, 0.717) is 4.31 Å². The van der Waals surface area contributed by atoms with E-state index in [-0.39, 0.29) is 11.8 Å². The fourth-order valence-electron chi connectivity index (χ4n) is 0.750. The smallest absolute Gasteiger partial charge is 0.272 e. The largest absolute Gasteiger partial charge is 0.362 e. The number of carbonyl (C=O) groups excluding carboxylic acids is 1. The summed E-state index contributed by atoms with van der Waals surface area (Å²) in [5.74, 6) is -0.542. The predicted octanol–water partition coefficient (Wildman–Crippen LogP) is -0.637. The second kappa shape index (κ2) is 2.65. The molecule has 1 atom stereocenters. The number of hydrogen-bond donors (Lipinski definition) is 1. The molecule has 1 unspecified atom stereocenters. The maximum Gasteiger partial charge on any atom is 0.362 e. The van der Waals surface area contributed by atoms with E-state index in [1.807, 2.05) is 0 Å². The van der Waals surface area contributed by atoms with Gasteiger partial charge in [0.25, 0.3) is 5.91 Å². The topological polar surface area (TPSA) is 74.7 Å². The zero-order valence-electron chi connectivity index (χ0n) is 5.72. The Labute approximate surface area is 68.6 Å². The molecule has 0 aromatic heterocycles. The van der Waals surface area contributed by atoms with Crippen molar-refractivity contribution in [2.24, 2.45) is 0 Å². The average molecular weight is 197 g/mol. The highest BCUT2D eigenvalue weighted by Crippen LogP contribution is 2.23. The Balaban J connectivity index is 2.66. The van der Waals surface area contributed by atoms with Gasteiger partial charge in [0.2, 0.25) is 0 Å². The summed E-state index contributed by atoms with van der Waals surface area (Å²) < 4.78 is 29.5. The molecule has 0 bridgehead atoms. The van der Waals surface area contributed by atoms with Crippen LogP contribution in [0.2, 0.25) is 0 Å². The average Bonchev–Trinajstić information content (AvgIpc) is 1.83. The van der Waals surface area contributed by atoms with Gasteiger partial charge in [-0.25, -0.2) is 4.31 Å². The first-order chi connectivity index (χ1) is 4.96. The van der Waals surface area contributed by atoms with Crippen LogP contribution in [0.1, 0.15) is 0 Å². The maximum atomic E-state index is 10.8. The van der Waals surface area contributed by atoms with Gasteiger partial charge in [-0.3, -0.25) is 9.35 Å². The summed E-state index contributed by atoms with van der Waals surface area (Å²) in [6.45, 7) is 0.0822. The SMILES string of the molecule is CSC1CN(S(=O)(=O)O)C1=O. The van der Waals surface area contributed by atoms with Crippen molar-refractivity contribution in [3.8, 4) is 0 Å². The van der Waals surface area contributed by atoms with Gasteiger partial charge in [0.05, 0.1) is 6.54 Å². The highest BCUT2D eigenvalue weighted by atomic mass is 32.2. The predicted molar refractivity (Wildman–Crippen MR) is 40.6 cm³/mol. The van der Waals surface area contributed by atoms with Crippen LogP contribution in [0.5, 0.6) is 0 Å². The van der Waals surface area contributed by atoms with Crippen LogP contribution in [0, 0.1) is 0 Å². The summed E-state index contributed by atoms with van der Waals surface area (Å²) >= 11 is 1.27. The van der Waals surface area contributed by atoms with E-state index < -0.39 is 16.2 Å². The van der Waals surface area contributed by atoms with Gasteiger partial charge in [-0.05, 0) is 6.26 Å². The molecule has 0 radical (unpaired) electrons. The number of rotatable bonds is 2. The zero-order chi connectivity index (χ0) is 8.65. The minimum Gasteiger partial charge on any atom is -0.272 e. The molecule has 0 saturated carbocycles. The van der Waals surface area contributed by atoms with Crippen molar-refractivity contribution in [1.82, 2.24) is 4.31 Å². The van der Waals surface area contributed by atoms with E-state index >= 15 is 0 Å². The van der Waals surface area contributed by atoms with Crippen molar-refractivity contribution in [2.75, 3.05) is 12.8 Å². The fraction of sp³-hybridized carbons (Fsp3) is 0.750. The Morgan fingerprint density at radius 2 is 2.27 bits per heavy atom. The van der Waals surface area contributed by atoms with Crippen molar-refractivity contribution in [2.45, 2.75) is 5.25 Å². The Morgan fingerprint density at radius 1 is 1.73 bits per heavy atom. The molecular weight excluding hydrogens is 190 g/mol. The Morgan fingerprint density at radius 3 is 2.55 bits per heavy atom. The van der Waals surface area contributed by atoms with E-state index in [4.69, 9.17) is 4.55 Å². The van der Waals surface area contributed by atoms with E-state index in [1.54, 1.807) is 6.26 Å². The molecule has 1 heterocycles. The van der Waals surface area contributed by atoms with E-state index in [9.17, 15) is 13.2 Å². The normalized spacial score (nSPS) is 25.1. The van der Waals surface area contributed by atoms with Crippen LogP contribution in [-0.4, -0.2) is 41.2 Å². The molecular formula is C4H7NO4S2. The van der Waals surface area contributed by atoms with Crippen LogP contribution in [0.25, 0.3) is 0 Å². The Hall–Kier alpha value is -0.270. The number of nitrogens with zero attached hydrogens (tertiary/aromatic N) is 1. The third kappa shape index (κ3) is 1.49. The van der Waals surface area contributed by atoms with Gasteiger partial charge in [-0.1, -0.05) is 0 Å². The second-order valence-electron chi connectivity index (χ2n) is 2.07. The van der Waals surface area contributed by atoms with E-state index in [1.165, 1.54) is 11.8 Å². The molecule has 1 aliphatic rings. The first-order valence-corrected chi connectivity index (χ1v) is 5.47. The summed E-state index contributed by atoms with van der Waals surface area (Å²) in [7, 11) is -4.29. The van der Waals surface area contributed by atoms with Crippen molar-refractivity contribution in [1.29, 1.82) is 0 Å². The fourth-order valence-corrected chi connectivity index (χ4v) is 2.23. The Bertz CT molecular complexity index is 272. The monoisotopic (exact) mass is 197 g/mol. The number of carbonyl (C=O) groups is 1. The molecule has 1 saturated heterocycles. The van der Waals surface area contributed by atoms with Crippen molar-refractivity contribution >= 4 is 28.0 Å². The minimum absolute atomic E-state index is 0.0822. The van der Waals surface area contributed by atoms with Gasteiger partial charge in [0.15, 0.2) is 0 Å². The molecule has 0 spiro atoms. The third-order valence-corrected chi connectivity index (χ3v) is 3.22. The molecule has 1 rings (SSSR count). The van der Waals surface area contributed by atoms with Crippen LogP contribution in [0.3, 0.4) is 0 Å². The maximum absolute atomic E-state index is 10.8. The molecule has 1 fully saturated rings. The lowest BCUT2D eigenvalue weighted by molar-refractivity contribution is -0.132. The van der Waals surface area contributed by atoms with Gasteiger partial charge < -0.3 is 0 Å². The minimum atomic E-state index is -4.29. The number of amides is 1. The summed E-state index contributed by atoms with van der Waals surface area (Å²) in [6, 6.07) is 0. The number of hydrogen-bond acceptors (Lipinski definition) is 4. The molecule has 11 heavy (non-hydrogen) atoms.